The Balaban J connectivity index is 1.21. The van der Waals surface area contributed by atoms with Gasteiger partial charge in [-0.25, -0.2) is 9.78 Å². The van der Waals surface area contributed by atoms with Crippen molar-refractivity contribution in [2.45, 2.75) is 82.5 Å². The zero-order valence-corrected chi connectivity index (χ0v) is 31.9. The highest BCUT2D eigenvalue weighted by molar-refractivity contribution is 7.80. The number of nitrogens with one attached hydrogen (secondary N) is 2. The van der Waals surface area contributed by atoms with Crippen LogP contribution in [0.25, 0.3) is 11.1 Å². The van der Waals surface area contributed by atoms with E-state index in [1.54, 1.807) is 6.07 Å². The second-order valence-electron chi connectivity index (χ2n) is 14.4. The van der Waals surface area contributed by atoms with Crippen molar-refractivity contribution in [2.24, 2.45) is 16.8 Å². The van der Waals surface area contributed by atoms with E-state index >= 15 is 0 Å². The number of aliphatic hydroxyl groups excluding tert-OH is 1. The molecule has 298 valence electrons. The van der Waals surface area contributed by atoms with Gasteiger partial charge in [-0.15, -0.1) is 20.3 Å². The van der Waals surface area contributed by atoms with Gasteiger partial charge in [-0.1, -0.05) is 11.2 Å². The lowest BCUT2D eigenvalue weighted by molar-refractivity contribution is -0.780. The maximum absolute atomic E-state index is 13.6. The van der Waals surface area contributed by atoms with Crippen LogP contribution in [0.1, 0.15) is 44.9 Å². The van der Waals surface area contributed by atoms with E-state index in [2.05, 4.69) is 29.7 Å². The summed E-state index contributed by atoms with van der Waals surface area (Å²) >= 11 is 0.966. The van der Waals surface area contributed by atoms with Gasteiger partial charge in [-0.05, 0) is 82.3 Å². The first-order chi connectivity index (χ1) is 25.9. The fourth-order valence-corrected chi connectivity index (χ4v) is 7.75. The number of rotatable bonds is 15. The number of carboxylic acids is 1. The molecule has 5 atom stereocenters. The third-order valence-electron chi connectivity index (χ3n) is 9.99. The van der Waals surface area contributed by atoms with E-state index in [1.165, 1.54) is 26.2 Å². The zero-order valence-electron chi connectivity index (χ0n) is 30.2. The Bertz CT molecular complexity index is 2100. The van der Waals surface area contributed by atoms with Crippen LogP contribution in [0.15, 0.2) is 41.1 Å². The minimum Gasteiger partial charge on any atom is -0.485 e. The Morgan fingerprint density at radius 3 is 2.69 bits per heavy atom. The molecule has 20 nitrogen and oxygen atoms in total. The molecule has 5 heterocycles. The van der Waals surface area contributed by atoms with Crippen LogP contribution in [0.2, 0.25) is 0 Å². The highest BCUT2D eigenvalue weighted by Gasteiger charge is 2.58. The molecular weight excluding hydrogens is 763 g/mol. The lowest BCUT2D eigenvalue weighted by Gasteiger charge is -2.50. The molecule has 2 saturated heterocycles. The molecule has 3 aliphatic rings. The first-order valence-electron chi connectivity index (χ1n) is 17.4. The van der Waals surface area contributed by atoms with Crippen LogP contribution in [0, 0.1) is 5.92 Å². The highest BCUT2D eigenvalue weighted by Crippen LogP contribution is 2.37. The number of β-lactam (4-membered cyclic amide) rings is 1. The van der Waals surface area contributed by atoms with Gasteiger partial charge in [0.15, 0.2) is 23.5 Å². The third kappa shape index (κ3) is 8.44. The normalized spacial score (nSPS) is 22.6. The number of thiazole rings is 1. The lowest BCUT2D eigenvalue weighted by atomic mass is 9.84. The summed E-state index contributed by atoms with van der Waals surface area (Å²) in [6.45, 7) is 7.12. The smallest absolute Gasteiger partial charge is 0.418 e. The molecule has 0 spiro atoms. The number of nitrogens with zero attached hydrogens (tertiary/aromatic N) is 5. The molecule has 55 heavy (non-hydrogen) atoms. The number of hydrogen-bond acceptors (Lipinski definition) is 15. The minimum absolute atomic E-state index is 0.0570. The summed E-state index contributed by atoms with van der Waals surface area (Å²) in [7, 11) is -5.04. The average molecular weight is 807 g/mol. The fraction of sp³-hybridized carbons (Fsp3) is 0.515. The third-order valence-corrected chi connectivity index (χ3v) is 11.0. The van der Waals surface area contributed by atoms with Gasteiger partial charge in [-0.3, -0.25) is 14.1 Å². The second-order valence-corrected chi connectivity index (χ2v) is 16.3. The molecular formula is C33H44N9O11S2+. The number of aryl methyl sites for hydroxylation is 1. The van der Waals surface area contributed by atoms with Crippen molar-refractivity contribution in [1.82, 2.24) is 25.4 Å². The maximum Gasteiger partial charge on any atom is 0.418 e. The van der Waals surface area contributed by atoms with Gasteiger partial charge in [-0.2, -0.15) is 18.2 Å². The van der Waals surface area contributed by atoms with Crippen LogP contribution in [0.3, 0.4) is 0 Å². The molecule has 3 aliphatic heterocycles. The van der Waals surface area contributed by atoms with Crippen molar-refractivity contribution in [3.8, 4) is 16.9 Å². The van der Waals surface area contributed by atoms with E-state index < -0.39 is 63.3 Å². The average Bonchev–Trinajstić information content (AvgIpc) is 3.91. The standard InChI is InChI=1S/C33H43N9O11S2/c1-32(2)27(29(45)42(32)53-55(48,49)50)38-28(44)26(23-17-54-31(35)37-23)39-52-33(3,30(46)47)25-7-5-20-10-19(4-6-24(20)51-25)21-14-40(13-18-8-9-36-12-18)41(15-21)16-22(43)11-34/h4,6,10,14-15,17-18,22,25,27,36,43H,5,7-9,11-13,16,34H2,1-3H3,(H4-,35,37,38,44,46,47,48,49,50)/p+1/b39-26-. The molecule has 2 amide bonds. The van der Waals surface area contributed by atoms with Crippen LogP contribution in [-0.4, -0.2) is 110 Å². The number of carboxylic acid groups (broad SMARTS) is 1. The first kappa shape index (κ1) is 40.0. The molecule has 2 aromatic heterocycles. The number of carbonyl (C=O) groups excluding carboxylic acids is 2. The Morgan fingerprint density at radius 1 is 1.31 bits per heavy atom. The van der Waals surface area contributed by atoms with Gasteiger partial charge in [0.1, 0.15) is 23.6 Å². The van der Waals surface area contributed by atoms with E-state index in [-0.39, 0.29) is 23.8 Å². The van der Waals surface area contributed by atoms with Crippen molar-refractivity contribution < 1.29 is 56.1 Å². The zero-order chi connectivity index (χ0) is 39.9. The highest BCUT2D eigenvalue weighted by atomic mass is 32.3. The molecule has 0 saturated carbocycles. The number of hydrogen-bond donors (Lipinski definition) is 7. The lowest BCUT2D eigenvalue weighted by Crippen LogP contribution is -2.76. The first-order valence-corrected chi connectivity index (χ1v) is 19.7. The minimum atomic E-state index is -5.04. The molecule has 0 bridgehead atoms. The van der Waals surface area contributed by atoms with Crippen molar-refractivity contribution in [3.63, 3.8) is 0 Å². The summed E-state index contributed by atoms with van der Waals surface area (Å²) in [4.78, 5) is 48.7. The fourth-order valence-electron chi connectivity index (χ4n) is 6.74. The number of fused-ring (bicyclic) bond motifs is 1. The summed E-state index contributed by atoms with van der Waals surface area (Å²) in [5.41, 5.74) is 9.98. The summed E-state index contributed by atoms with van der Waals surface area (Å²) in [5.74, 6) is -2.56. The molecule has 1 aromatic carbocycles. The summed E-state index contributed by atoms with van der Waals surface area (Å²) in [6.07, 6.45) is 3.90. The summed E-state index contributed by atoms with van der Waals surface area (Å²) in [6, 6.07) is 4.24. The van der Waals surface area contributed by atoms with Gasteiger partial charge in [0, 0.05) is 11.9 Å². The Labute approximate surface area is 319 Å². The number of benzene rings is 1. The summed E-state index contributed by atoms with van der Waals surface area (Å²) in [5, 5.41) is 32.3. The number of aromatic nitrogens is 3. The van der Waals surface area contributed by atoms with Crippen LogP contribution >= 0.6 is 11.3 Å². The number of hydroxylamine groups is 2. The SMILES string of the molecule is CC(O/N=C(\C(=O)NC1C(=O)N(OS(=O)(=O)O)C1(C)C)c1csc(N)n1)(C(=O)O)C1CCc2cc(-c3cn(CC4CCNC4)[n+](CC(O)CN)c3)ccc2O1. The number of aliphatic hydroxyl groups is 1. The van der Waals surface area contributed by atoms with Crippen LogP contribution in [0.5, 0.6) is 5.75 Å². The number of carbonyl (C=O) groups is 3. The van der Waals surface area contributed by atoms with Crippen molar-refractivity contribution in [2.75, 3.05) is 25.4 Å². The van der Waals surface area contributed by atoms with Gasteiger partial charge in [0.2, 0.25) is 6.20 Å². The van der Waals surface area contributed by atoms with Gasteiger partial charge >= 0.3 is 16.4 Å². The number of anilines is 1. The molecule has 9 N–H and O–H groups in total. The molecule has 5 unspecified atom stereocenters. The number of oxime groups is 1. The maximum atomic E-state index is 13.6. The largest absolute Gasteiger partial charge is 0.485 e. The Hall–Kier alpha value is -4.71. The number of amides is 2. The number of nitrogens with two attached hydrogens (primary N) is 2. The van der Waals surface area contributed by atoms with Crippen molar-refractivity contribution >= 4 is 50.4 Å². The second kappa shape index (κ2) is 15.4. The molecule has 3 aromatic rings. The predicted molar refractivity (Wildman–Crippen MR) is 195 cm³/mol. The van der Waals surface area contributed by atoms with Crippen molar-refractivity contribution in [1.29, 1.82) is 0 Å². The monoisotopic (exact) mass is 806 g/mol. The van der Waals surface area contributed by atoms with Gasteiger partial charge in [0.25, 0.3) is 17.4 Å². The van der Waals surface area contributed by atoms with E-state index in [9.17, 15) is 33.0 Å². The van der Waals surface area contributed by atoms with Crippen molar-refractivity contribution in [3.05, 3.63) is 47.2 Å². The van der Waals surface area contributed by atoms with E-state index in [0.717, 1.165) is 54.1 Å². The number of nitrogen functional groups attached to an aromatic ring is 1. The quantitative estimate of drug-likeness (QED) is 0.0326. The molecule has 22 heteroatoms. The molecule has 0 aliphatic carbocycles. The Morgan fingerprint density at radius 2 is 2.07 bits per heavy atom. The van der Waals surface area contributed by atoms with Gasteiger partial charge in [0.05, 0.1) is 23.8 Å². The molecule has 6 rings (SSSR count). The van der Waals surface area contributed by atoms with E-state index in [4.69, 9.17) is 25.6 Å². The Kier molecular flexibility index (Phi) is 11.2. The van der Waals surface area contributed by atoms with Crippen LogP contribution in [0.4, 0.5) is 5.13 Å². The summed E-state index contributed by atoms with van der Waals surface area (Å²) < 4.78 is 46.1. The topological polar surface area (TPSA) is 287 Å². The van der Waals surface area contributed by atoms with Crippen LogP contribution in [-0.2, 0) is 53.4 Å². The number of aliphatic carboxylic acids is 1. The van der Waals surface area contributed by atoms with E-state index in [0.29, 0.717) is 29.7 Å². The molecule has 2 fully saturated rings. The van der Waals surface area contributed by atoms with Gasteiger partial charge < -0.3 is 41.9 Å². The van der Waals surface area contributed by atoms with Crippen LogP contribution < -0.4 is 31.5 Å². The molecule has 0 radical (unpaired) electrons. The van der Waals surface area contributed by atoms with E-state index in [1.807, 2.05) is 29.2 Å². The number of ether oxygens (including phenoxy) is 1. The predicted octanol–water partition coefficient (Wildman–Crippen LogP) is -0.792.